The largest absolute Gasteiger partial charge is 0.391 e. The molecular weight excluding hydrogens is 326 g/mol. The van der Waals surface area contributed by atoms with E-state index in [0.717, 1.165) is 12.8 Å². The molecule has 0 unspecified atom stereocenters. The van der Waals surface area contributed by atoms with Gasteiger partial charge in [-0.2, -0.15) is 0 Å². The zero-order valence-electron chi connectivity index (χ0n) is 9.81. The van der Waals surface area contributed by atoms with Crippen molar-refractivity contribution >= 4 is 37.3 Å². The first-order chi connectivity index (χ1) is 7.93. The van der Waals surface area contributed by atoms with Crippen molar-refractivity contribution in [2.45, 2.75) is 31.3 Å². The highest BCUT2D eigenvalue weighted by atomic mass is 79.9. The van der Waals surface area contributed by atoms with Crippen molar-refractivity contribution in [3.63, 3.8) is 0 Å². The Morgan fingerprint density at radius 2 is 2.18 bits per heavy atom. The first-order valence-corrected chi connectivity index (χ1v) is 8.33. The Morgan fingerprint density at radius 1 is 1.53 bits per heavy atom. The van der Waals surface area contributed by atoms with E-state index in [1.165, 1.54) is 21.7 Å². The summed E-state index contributed by atoms with van der Waals surface area (Å²) in [5.41, 5.74) is 0. The number of aliphatic hydroxyl groups is 1. The van der Waals surface area contributed by atoms with E-state index in [9.17, 15) is 8.42 Å². The van der Waals surface area contributed by atoms with Gasteiger partial charge in [0.1, 0.15) is 4.90 Å². The van der Waals surface area contributed by atoms with Gasteiger partial charge in [-0.05, 0) is 28.4 Å². The second kappa shape index (κ2) is 6.29. The van der Waals surface area contributed by atoms with Crippen LogP contribution in [0.2, 0.25) is 0 Å². The predicted molar refractivity (Wildman–Crippen MR) is 72.7 cm³/mol. The maximum absolute atomic E-state index is 12.2. The fourth-order valence-electron chi connectivity index (χ4n) is 1.32. The predicted octanol–water partition coefficient (Wildman–Crippen LogP) is 2.42. The number of sulfonamides is 1. The van der Waals surface area contributed by atoms with Gasteiger partial charge < -0.3 is 5.11 Å². The lowest BCUT2D eigenvalue weighted by Gasteiger charge is -2.16. The number of halogens is 1. The maximum Gasteiger partial charge on any atom is 0.244 e. The van der Waals surface area contributed by atoms with Gasteiger partial charge in [-0.1, -0.05) is 13.3 Å². The normalized spacial score (nSPS) is 12.3. The van der Waals surface area contributed by atoms with Crippen molar-refractivity contribution in [1.82, 2.24) is 4.31 Å². The molecule has 1 aromatic rings. The lowest BCUT2D eigenvalue weighted by molar-refractivity contribution is 0.285. The summed E-state index contributed by atoms with van der Waals surface area (Å²) in [6, 6.07) is 1.52. The molecular formula is C10H16BrNO3S2. The van der Waals surface area contributed by atoms with Gasteiger partial charge in [-0.3, -0.25) is 0 Å². The number of thiophene rings is 1. The van der Waals surface area contributed by atoms with Crippen LogP contribution in [0.25, 0.3) is 0 Å². The third-order valence-corrected chi connectivity index (χ3v) is 6.47. The number of hydrogen-bond acceptors (Lipinski definition) is 4. The lowest BCUT2D eigenvalue weighted by atomic mass is 10.3. The van der Waals surface area contributed by atoms with Crippen LogP contribution in [0.4, 0.5) is 0 Å². The van der Waals surface area contributed by atoms with Crippen molar-refractivity contribution in [2.24, 2.45) is 0 Å². The molecule has 0 atom stereocenters. The van der Waals surface area contributed by atoms with Gasteiger partial charge in [0.05, 0.1) is 10.4 Å². The molecule has 1 rings (SSSR count). The number of unbranched alkanes of at least 4 members (excludes halogenated alkanes) is 1. The van der Waals surface area contributed by atoms with Crippen LogP contribution in [-0.2, 0) is 16.6 Å². The summed E-state index contributed by atoms with van der Waals surface area (Å²) in [6.45, 7) is 2.39. The van der Waals surface area contributed by atoms with Gasteiger partial charge >= 0.3 is 0 Å². The molecule has 0 bridgehead atoms. The van der Waals surface area contributed by atoms with Gasteiger partial charge in [0.25, 0.3) is 0 Å². The summed E-state index contributed by atoms with van der Waals surface area (Å²) in [6.07, 6.45) is 1.79. The van der Waals surface area contributed by atoms with Crippen LogP contribution in [-0.4, -0.2) is 31.4 Å². The number of rotatable bonds is 6. The summed E-state index contributed by atoms with van der Waals surface area (Å²) in [5, 5.41) is 9.00. The van der Waals surface area contributed by atoms with Crippen molar-refractivity contribution in [1.29, 1.82) is 0 Å². The van der Waals surface area contributed by atoms with Gasteiger partial charge in [-0.15, -0.1) is 11.3 Å². The second-order valence-corrected chi connectivity index (χ2v) is 8.16. The highest BCUT2D eigenvalue weighted by Gasteiger charge is 2.25. The molecule has 1 heterocycles. The fourth-order valence-corrected chi connectivity index (χ4v) is 5.02. The van der Waals surface area contributed by atoms with Crippen molar-refractivity contribution in [2.75, 3.05) is 13.6 Å². The van der Waals surface area contributed by atoms with Crippen molar-refractivity contribution < 1.29 is 13.5 Å². The molecule has 0 aliphatic heterocycles. The van der Waals surface area contributed by atoms with E-state index in [1.54, 1.807) is 7.05 Å². The zero-order chi connectivity index (χ0) is 13.1. The molecule has 0 aliphatic rings. The smallest absolute Gasteiger partial charge is 0.244 e. The SMILES string of the molecule is CCCCN(C)S(=O)(=O)c1cc(CO)sc1Br. The highest BCUT2D eigenvalue weighted by Crippen LogP contribution is 2.33. The minimum absolute atomic E-state index is 0.141. The monoisotopic (exact) mass is 341 g/mol. The molecule has 0 aromatic carbocycles. The van der Waals surface area contributed by atoms with E-state index >= 15 is 0 Å². The lowest BCUT2D eigenvalue weighted by Crippen LogP contribution is -2.27. The van der Waals surface area contributed by atoms with E-state index in [0.29, 0.717) is 15.2 Å². The summed E-state index contributed by atoms with van der Waals surface area (Å²) in [7, 11) is -1.87. The molecule has 1 N–H and O–H groups in total. The van der Waals surface area contributed by atoms with Crippen LogP contribution in [0.1, 0.15) is 24.6 Å². The molecule has 0 aliphatic carbocycles. The van der Waals surface area contributed by atoms with Crippen LogP contribution in [0.3, 0.4) is 0 Å². The molecule has 4 nitrogen and oxygen atoms in total. The molecule has 7 heteroatoms. The molecule has 1 aromatic heterocycles. The molecule has 0 fully saturated rings. The van der Waals surface area contributed by atoms with Crippen LogP contribution in [0.15, 0.2) is 14.7 Å². The Bertz CT molecular complexity index is 470. The molecule has 17 heavy (non-hydrogen) atoms. The Hall–Kier alpha value is 0.0500. The molecule has 0 saturated carbocycles. The summed E-state index contributed by atoms with van der Waals surface area (Å²) in [4.78, 5) is 0.879. The van der Waals surface area contributed by atoms with E-state index in [-0.39, 0.29) is 11.5 Å². The Balaban J connectivity index is 2.99. The van der Waals surface area contributed by atoms with E-state index < -0.39 is 10.0 Å². The number of nitrogens with zero attached hydrogens (tertiary/aromatic N) is 1. The first kappa shape index (κ1) is 15.1. The third-order valence-electron chi connectivity index (χ3n) is 2.38. The van der Waals surface area contributed by atoms with Crippen molar-refractivity contribution in [3.05, 3.63) is 14.7 Å². The van der Waals surface area contributed by atoms with E-state index in [4.69, 9.17) is 5.11 Å². The topological polar surface area (TPSA) is 57.6 Å². The van der Waals surface area contributed by atoms with Gasteiger partial charge in [0, 0.05) is 18.5 Å². The second-order valence-electron chi connectivity index (χ2n) is 3.69. The molecule has 0 radical (unpaired) electrons. The minimum Gasteiger partial charge on any atom is -0.391 e. The quantitative estimate of drug-likeness (QED) is 0.864. The molecule has 0 spiro atoms. The Morgan fingerprint density at radius 3 is 2.65 bits per heavy atom. The minimum atomic E-state index is -3.45. The average molecular weight is 342 g/mol. The van der Waals surface area contributed by atoms with Crippen LogP contribution in [0, 0.1) is 0 Å². The summed E-state index contributed by atoms with van der Waals surface area (Å²) < 4.78 is 26.3. The third kappa shape index (κ3) is 3.51. The van der Waals surface area contributed by atoms with Crippen LogP contribution >= 0.6 is 27.3 Å². The molecule has 0 saturated heterocycles. The molecule has 0 amide bonds. The first-order valence-electron chi connectivity index (χ1n) is 5.28. The van der Waals surface area contributed by atoms with E-state index in [1.807, 2.05) is 6.92 Å². The van der Waals surface area contributed by atoms with Crippen LogP contribution < -0.4 is 0 Å². The van der Waals surface area contributed by atoms with E-state index in [2.05, 4.69) is 15.9 Å². The van der Waals surface area contributed by atoms with Gasteiger partial charge in [0.15, 0.2) is 0 Å². The number of hydrogen-bond donors (Lipinski definition) is 1. The highest BCUT2D eigenvalue weighted by molar-refractivity contribution is 9.11. The average Bonchev–Trinajstić information content (AvgIpc) is 2.67. The summed E-state index contributed by atoms with van der Waals surface area (Å²) >= 11 is 4.48. The van der Waals surface area contributed by atoms with Gasteiger partial charge in [0.2, 0.25) is 10.0 Å². The zero-order valence-corrected chi connectivity index (χ0v) is 13.0. The Kier molecular flexibility index (Phi) is 5.59. The fraction of sp³-hybridized carbons (Fsp3) is 0.600. The maximum atomic E-state index is 12.2. The van der Waals surface area contributed by atoms with Crippen molar-refractivity contribution in [3.8, 4) is 0 Å². The number of aliphatic hydroxyl groups excluding tert-OH is 1. The standard InChI is InChI=1S/C10H16BrNO3S2/c1-3-4-5-12(2)17(14,15)9-6-8(7-13)16-10(9)11/h6,13H,3-5,7H2,1-2H3. The molecule has 98 valence electrons. The summed E-state index contributed by atoms with van der Waals surface area (Å²) in [5.74, 6) is 0. The Labute approximate surface area is 114 Å². The van der Waals surface area contributed by atoms with Crippen LogP contribution in [0.5, 0.6) is 0 Å². The van der Waals surface area contributed by atoms with Gasteiger partial charge in [-0.25, -0.2) is 12.7 Å².